The fraction of sp³-hybridized carbons (Fsp3) is 0.375. The lowest BCUT2D eigenvalue weighted by Crippen LogP contribution is -2.49. The molecule has 0 spiro atoms. The van der Waals surface area contributed by atoms with Gasteiger partial charge in [-0.1, -0.05) is 49.2 Å². The highest BCUT2D eigenvalue weighted by atomic mass is 35.5. The van der Waals surface area contributed by atoms with Crippen LogP contribution in [0.4, 0.5) is 5.69 Å². The molecule has 2 atom stereocenters. The highest BCUT2D eigenvalue weighted by molar-refractivity contribution is 6.35. The Hall–Kier alpha value is -2.77. The summed E-state index contributed by atoms with van der Waals surface area (Å²) in [5.74, 6) is -0.344. The molecule has 0 bridgehead atoms. The SMILES string of the molecule is CC(C)C[C@H](NC(=O)[C@@H](C)Oc1ccc(Cl)cc1Cl)C(=O)N/N=C\c1ccc(N(C)C)cc1. The number of carbonyl (C=O) groups excluding carboxylic acids is 2. The lowest BCUT2D eigenvalue weighted by atomic mass is 10.0. The van der Waals surface area contributed by atoms with Crippen molar-refractivity contribution in [2.75, 3.05) is 19.0 Å². The standard InChI is InChI=1S/C24H30Cl2N4O3/c1-15(2)12-21(24(32)29-27-14-17-6-9-19(10-7-17)30(4)5)28-23(31)16(3)33-22-11-8-18(25)13-20(22)26/h6-11,13-16,21H,12H2,1-5H3,(H,28,31)(H,29,32)/b27-14-/t16-,21+/m1/s1. The smallest absolute Gasteiger partial charge is 0.262 e. The molecular formula is C24H30Cl2N4O3. The third-order valence-corrected chi connectivity index (χ3v) is 5.24. The summed E-state index contributed by atoms with van der Waals surface area (Å²) >= 11 is 12.0. The topological polar surface area (TPSA) is 83.0 Å². The van der Waals surface area contributed by atoms with Gasteiger partial charge in [-0.05, 0) is 55.2 Å². The molecule has 178 valence electrons. The van der Waals surface area contributed by atoms with Crippen LogP contribution in [0.25, 0.3) is 0 Å². The van der Waals surface area contributed by atoms with E-state index in [-0.39, 0.29) is 5.92 Å². The van der Waals surface area contributed by atoms with E-state index in [4.69, 9.17) is 27.9 Å². The third kappa shape index (κ3) is 8.59. The average molecular weight is 493 g/mol. The molecule has 33 heavy (non-hydrogen) atoms. The van der Waals surface area contributed by atoms with Gasteiger partial charge in [0.1, 0.15) is 11.8 Å². The van der Waals surface area contributed by atoms with Gasteiger partial charge in [-0.15, -0.1) is 0 Å². The van der Waals surface area contributed by atoms with Gasteiger partial charge >= 0.3 is 0 Å². The zero-order valence-electron chi connectivity index (χ0n) is 19.4. The number of ether oxygens (including phenoxy) is 1. The maximum atomic E-state index is 12.7. The largest absolute Gasteiger partial charge is 0.479 e. The van der Waals surface area contributed by atoms with Crippen molar-refractivity contribution in [2.45, 2.75) is 39.3 Å². The summed E-state index contributed by atoms with van der Waals surface area (Å²) < 4.78 is 5.65. The van der Waals surface area contributed by atoms with E-state index in [0.717, 1.165) is 11.3 Å². The molecule has 2 aromatic rings. The Morgan fingerprint density at radius 3 is 2.30 bits per heavy atom. The Bertz CT molecular complexity index is 978. The van der Waals surface area contributed by atoms with E-state index >= 15 is 0 Å². The summed E-state index contributed by atoms with van der Waals surface area (Å²) in [6.07, 6.45) is 1.13. The van der Waals surface area contributed by atoms with Crippen LogP contribution in [0.15, 0.2) is 47.6 Å². The maximum Gasteiger partial charge on any atom is 0.262 e. The zero-order valence-corrected chi connectivity index (χ0v) is 20.9. The molecule has 7 nitrogen and oxygen atoms in total. The molecule has 2 rings (SSSR count). The molecular weight excluding hydrogens is 463 g/mol. The predicted octanol–water partition coefficient (Wildman–Crippen LogP) is 4.51. The van der Waals surface area contributed by atoms with Gasteiger partial charge in [0.05, 0.1) is 11.2 Å². The Morgan fingerprint density at radius 1 is 1.06 bits per heavy atom. The van der Waals surface area contributed by atoms with Crippen LogP contribution in [0.5, 0.6) is 5.75 Å². The minimum Gasteiger partial charge on any atom is -0.479 e. The summed E-state index contributed by atoms with van der Waals surface area (Å²) in [5, 5.41) is 7.54. The van der Waals surface area contributed by atoms with Crippen molar-refractivity contribution in [1.82, 2.24) is 10.7 Å². The van der Waals surface area contributed by atoms with Crippen molar-refractivity contribution in [1.29, 1.82) is 0 Å². The van der Waals surface area contributed by atoms with Gasteiger partial charge in [0, 0.05) is 24.8 Å². The molecule has 0 aliphatic carbocycles. The van der Waals surface area contributed by atoms with Crippen LogP contribution in [-0.2, 0) is 9.59 Å². The minimum absolute atomic E-state index is 0.172. The number of anilines is 1. The average Bonchev–Trinajstić information content (AvgIpc) is 2.75. The summed E-state index contributed by atoms with van der Waals surface area (Å²) in [7, 11) is 3.92. The first-order chi connectivity index (χ1) is 15.6. The van der Waals surface area contributed by atoms with Gasteiger partial charge in [0.25, 0.3) is 11.8 Å². The number of amides is 2. The number of nitrogens with zero attached hydrogens (tertiary/aromatic N) is 2. The number of rotatable bonds is 10. The molecule has 0 unspecified atom stereocenters. The van der Waals surface area contributed by atoms with Crippen molar-refractivity contribution >= 4 is 46.9 Å². The van der Waals surface area contributed by atoms with E-state index in [1.54, 1.807) is 25.3 Å². The van der Waals surface area contributed by atoms with Gasteiger partial charge in [0.15, 0.2) is 6.10 Å². The second-order valence-electron chi connectivity index (χ2n) is 8.25. The Morgan fingerprint density at radius 2 is 1.73 bits per heavy atom. The second kappa shape index (κ2) is 12.5. The van der Waals surface area contributed by atoms with E-state index < -0.39 is 24.0 Å². The lowest BCUT2D eigenvalue weighted by molar-refractivity contribution is -0.132. The van der Waals surface area contributed by atoms with E-state index in [2.05, 4.69) is 15.8 Å². The van der Waals surface area contributed by atoms with E-state index in [0.29, 0.717) is 22.2 Å². The van der Waals surface area contributed by atoms with Crippen LogP contribution in [0.3, 0.4) is 0 Å². The van der Waals surface area contributed by atoms with Gasteiger partial charge in [-0.3, -0.25) is 9.59 Å². The van der Waals surface area contributed by atoms with Gasteiger partial charge in [-0.25, -0.2) is 5.43 Å². The molecule has 0 saturated carbocycles. The molecule has 0 radical (unpaired) electrons. The Labute approximate surface area is 205 Å². The van der Waals surface area contributed by atoms with Gasteiger partial charge in [-0.2, -0.15) is 5.10 Å². The van der Waals surface area contributed by atoms with Gasteiger partial charge in [0.2, 0.25) is 0 Å². The highest BCUT2D eigenvalue weighted by Crippen LogP contribution is 2.28. The van der Waals surface area contributed by atoms with E-state index in [9.17, 15) is 9.59 Å². The summed E-state index contributed by atoms with van der Waals surface area (Å²) in [6.45, 7) is 5.52. The third-order valence-electron chi connectivity index (χ3n) is 4.70. The number of hydrogen-bond donors (Lipinski definition) is 2. The van der Waals surface area contributed by atoms with Crippen LogP contribution in [0, 0.1) is 5.92 Å². The van der Waals surface area contributed by atoms with Crippen molar-refractivity contribution in [3.05, 3.63) is 58.1 Å². The maximum absolute atomic E-state index is 12.7. The Kier molecular flexibility index (Phi) is 10.0. The molecule has 2 aromatic carbocycles. The molecule has 2 N–H and O–H groups in total. The van der Waals surface area contributed by atoms with Crippen LogP contribution in [0.1, 0.15) is 32.8 Å². The monoisotopic (exact) mass is 492 g/mol. The normalized spacial score (nSPS) is 13.0. The van der Waals surface area contributed by atoms with Crippen LogP contribution < -0.4 is 20.4 Å². The van der Waals surface area contributed by atoms with Crippen LogP contribution in [0.2, 0.25) is 10.0 Å². The zero-order chi connectivity index (χ0) is 24.5. The molecule has 2 amide bonds. The number of halogens is 2. The second-order valence-corrected chi connectivity index (χ2v) is 9.09. The number of hydrazone groups is 1. The van der Waals surface area contributed by atoms with Crippen LogP contribution >= 0.6 is 23.2 Å². The van der Waals surface area contributed by atoms with Crippen LogP contribution in [-0.4, -0.2) is 44.3 Å². The fourth-order valence-corrected chi connectivity index (χ4v) is 3.37. The number of benzene rings is 2. The Balaban J connectivity index is 1.98. The van der Waals surface area contributed by atoms with Crippen molar-refractivity contribution in [3.8, 4) is 5.75 Å². The lowest BCUT2D eigenvalue weighted by Gasteiger charge is -2.22. The highest BCUT2D eigenvalue weighted by Gasteiger charge is 2.25. The summed E-state index contributed by atoms with van der Waals surface area (Å²) in [4.78, 5) is 27.4. The number of nitrogens with one attached hydrogen (secondary N) is 2. The number of hydrogen-bond acceptors (Lipinski definition) is 5. The minimum atomic E-state index is -0.871. The molecule has 0 aliphatic heterocycles. The molecule has 0 saturated heterocycles. The first-order valence-corrected chi connectivity index (χ1v) is 11.3. The van der Waals surface area contributed by atoms with E-state index in [1.807, 2.05) is 57.1 Å². The predicted molar refractivity (Wildman–Crippen MR) is 134 cm³/mol. The summed E-state index contributed by atoms with van der Waals surface area (Å²) in [5.41, 5.74) is 4.41. The van der Waals surface area contributed by atoms with Gasteiger partial charge < -0.3 is 15.0 Å². The van der Waals surface area contributed by atoms with Crippen molar-refractivity contribution in [3.63, 3.8) is 0 Å². The molecule has 0 aliphatic rings. The molecule has 9 heteroatoms. The van der Waals surface area contributed by atoms with Crippen molar-refractivity contribution < 1.29 is 14.3 Å². The first kappa shape index (κ1) is 26.5. The number of carbonyl (C=O) groups is 2. The molecule has 0 heterocycles. The first-order valence-electron chi connectivity index (χ1n) is 10.6. The van der Waals surface area contributed by atoms with E-state index in [1.165, 1.54) is 6.07 Å². The fourth-order valence-electron chi connectivity index (χ4n) is 2.91. The van der Waals surface area contributed by atoms with Crippen molar-refractivity contribution in [2.24, 2.45) is 11.0 Å². The quantitative estimate of drug-likeness (QED) is 0.377. The molecule has 0 fully saturated rings. The summed E-state index contributed by atoms with van der Waals surface area (Å²) in [6, 6.07) is 11.7. The molecule has 0 aromatic heterocycles.